The van der Waals surface area contributed by atoms with Crippen molar-refractivity contribution in [2.45, 2.75) is 39.4 Å². The molecule has 6 nitrogen and oxygen atoms in total. The first-order valence-corrected chi connectivity index (χ1v) is 10.4. The van der Waals surface area contributed by atoms with Crippen molar-refractivity contribution in [2.24, 2.45) is 0 Å². The highest BCUT2D eigenvalue weighted by atomic mass is 16.5. The quantitative estimate of drug-likeness (QED) is 0.659. The van der Waals surface area contributed by atoms with Gasteiger partial charge in [-0.3, -0.25) is 14.5 Å². The molecule has 0 bridgehead atoms. The lowest BCUT2D eigenvalue weighted by molar-refractivity contribution is 0.0636. The molecule has 0 spiro atoms. The topological polar surface area (TPSA) is 53.8 Å². The van der Waals surface area contributed by atoms with Crippen LogP contribution in [0, 0.1) is 0 Å². The lowest BCUT2D eigenvalue weighted by atomic mass is 10.1. The number of rotatable bonds is 9. The van der Waals surface area contributed by atoms with Crippen molar-refractivity contribution in [1.29, 1.82) is 0 Å². The van der Waals surface area contributed by atoms with Gasteiger partial charge in [0.1, 0.15) is 5.75 Å². The molecular weight excluding hydrogens is 364 g/mol. The zero-order valence-electron chi connectivity index (χ0n) is 17.9. The highest BCUT2D eigenvalue weighted by molar-refractivity contribution is 5.37. The summed E-state index contributed by atoms with van der Waals surface area (Å²) in [5.41, 5.74) is 3.77. The summed E-state index contributed by atoms with van der Waals surface area (Å²) in [6, 6.07) is 8.78. The number of aliphatic hydroxyl groups is 1. The fourth-order valence-electron chi connectivity index (χ4n) is 3.94. The molecule has 1 aliphatic heterocycles. The van der Waals surface area contributed by atoms with Gasteiger partial charge in [-0.2, -0.15) is 5.10 Å². The van der Waals surface area contributed by atoms with Gasteiger partial charge in [-0.05, 0) is 44.0 Å². The van der Waals surface area contributed by atoms with Crippen molar-refractivity contribution < 1.29 is 9.84 Å². The zero-order valence-corrected chi connectivity index (χ0v) is 17.9. The molecule has 0 amide bonds. The van der Waals surface area contributed by atoms with Crippen molar-refractivity contribution in [2.75, 3.05) is 39.9 Å². The van der Waals surface area contributed by atoms with Crippen LogP contribution in [0.25, 0.3) is 0 Å². The molecular formula is C23H34N4O2. The van der Waals surface area contributed by atoms with Gasteiger partial charge in [0, 0.05) is 63.3 Å². The molecule has 158 valence electrons. The molecule has 1 aromatic carbocycles. The van der Waals surface area contributed by atoms with Crippen LogP contribution in [-0.4, -0.2) is 70.6 Å². The second kappa shape index (κ2) is 10.6. The van der Waals surface area contributed by atoms with E-state index in [1.807, 2.05) is 16.9 Å². The highest BCUT2D eigenvalue weighted by Gasteiger charge is 2.26. The van der Waals surface area contributed by atoms with Crippen molar-refractivity contribution in [3.05, 3.63) is 59.4 Å². The zero-order chi connectivity index (χ0) is 20.6. The third kappa shape index (κ3) is 6.16. The van der Waals surface area contributed by atoms with E-state index in [4.69, 9.17) is 4.74 Å². The summed E-state index contributed by atoms with van der Waals surface area (Å²) in [6.45, 7) is 10.2. The number of piperazine rings is 1. The molecule has 2 aromatic rings. The van der Waals surface area contributed by atoms with E-state index in [9.17, 15) is 5.11 Å². The van der Waals surface area contributed by atoms with E-state index >= 15 is 0 Å². The van der Waals surface area contributed by atoms with Gasteiger partial charge in [0.05, 0.1) is 13.7 Å². The predicted octanol–water partition coefficient (Wildman–Crippen LogP) is 2.77. The maximum Gasteiger partial charge on any atom is 0.123 e. The van der Waals surface area contributed by atoms with E-state index in [1.165, 1.54) is 11.1 Å². The van der Waals surface area contributed by atoms with Crippen LogP contribution < -0.4 is 4.74 Å². The summed E-state index contributed by atoms with van der Waals surface area (Å²) in [7, 11) is 1.72. The maximum absolute atomic E-state index is 9.52. The summed E-state index contributed by atoms with van der Waals surface area (Å²) < 4.78 is 7.47. The van der Waals surface area contributed by atoms with E-state index in [2.05, 4.69) is 53.0 Å². The molecule has 29 heavy (non-hydrogen) atoms. The first kappa shape index (κ1) is 21.6. The summed E-state index contributed by atoms with van der Waals surface area (Å²) in [5.74, 6) is 0.897. The Balaban J connectivity index is 1.67. The summed E-state index contributed by atoms with van der Waals surface area (Å²) in [4.78, 5) is 5.00. The van der Waals surface area contributed by atoms with Crippen molar-refractivity contribution in [3.63, 3.8) is 0 Å². The Morgan fingerprint density at radius 2 is 2.14 bits per heavy atom. The Labute approximate surface area is 174 Å². The molecule has 1 atom stereocenters. The lowest BCUT2D eigenvalue weighted by Crippen LogP contribution is -2.53. The first-order valence-electron chi connectivity index (χ1n) is 10.4. The Kier molecular flexibility index (Phi) is 7.86. The fraction of sp³-hybridized carbons (Fsp3) is 0.522. The van der Waals surface area contributed by atoms with Crippen LogP contribution in [0.4, 0.5) is 0 Å². The van der Waals surface area contributed by atoms with E-state index in [-0.39, 0.29) is 6.61 Å². The van der Waals surface area contributed by atoms with E-state index in [1.54, 1.807) is 13.3 Å². The summed E-state index contributed by atoms with van der Waals surface area (Å²) in [6.07, 6.45) is 6.87. The number of hydrogen-bond acceptors (Lipinski definition) is 5. The average molecular weight is 399 g/mol. The number of aromatic nitrogens is 2. The third-order valence-electron chi connectivity index (χ3n) is 5.53. The molecule has 1 saturated heterocycles. The van der Waals surface area contributed by atoms with Crippen LogP contribution in [0.3, 0.4) is 0 Å². The lowest BCUT2D eigenvalue weighted by Gasteiger charge is -2.41. The van der Waals surface area contributed by atoms with Gasteiger partial charge < -0.3 is 9.84 Å². The van der Waals surface area contributed by atoms with Gasteiger partial charge in [-0.15, -0.1) is 0 Å². The number of nitrogens with zero attached hydrogens (tertiary/aromatic N) is 4. The Bertz CT molecular complexity index is 784. The maximum atomic E-state index is 9.52. The number of aliphatic hydroxyl groups excluding tert-OH is 1. The first-order chi connectivity index (χ1) is 14.1. The van der Waals surface area contributed by atoms with Crippen molar-refractivity contribution in [1.82, 2.24) is 19.6 Å². The van der Waals surface area contributed by atoms with Crippen LogP contribution in [0.15, 0.2) is 48.3 Å². The van der Waals surface area contributed by atoms with E-state index < -0.39 is 0 Å². The van der Waals surface area contributed by atoms with Gasteiger partial charge in [0.25, 0.3) is 0 Å². The molecule has 1 aromatic heterocycles. The largest absolute Gasteiger partial charge is 0.496 e. The van der Waals surface area contributed by atoms with Gasteiger partial charge >= 0.3 is 0 Å². The van der Waals surface area contributed by atoms with E-state index in [0.717, 1.165) is 50.5 Å². The average Bonchev–Trinajstić information content (AvgIpc) is 3.21. The molecule has 3 rings (SSSR count). The van der Waals surface area contributed by atoms with Crippen molar-refractivity contribution in [3.8, 4) is 5.75 Å². The number of ether oxygens (including phenoxy) is 1. The molecule has 6 heteroatoms. The molecule has 1 N–H and O–H groups in total. The molecule has 0 unspecified atom stereocenters. The highest BCUT2D eigenvalue weighted by Crippen LogP contribution is 2.23. The fourth-order valence-corrected chi connectivity index (χ4v) is 3.94. The smallest absolute Gasteiger partial charge is 0.123 e. The van der Waals surface area contributed by atoms with Crippen LogP contribution in [0.5, 0.6) is 5.75 Å². The number of allylic oxidation sites excluding steroid dienone is 1. The normalized spacial score (nSPS) is 18.0. The second-order valence-corrected chi connectivity index (χ2v) is 8.03. The molecule has 1 aliphatic rings. The number of benzene rings is 1. The van der Waals surface area contributed by atoms with Crippen LogP contribution >= 0.6 is 0 Å². The molecule has 0 aliphatic carbocycles. The molecule has 0 saturated carbocycles. The van der Waals surface area contributed by atoms with Gasteiger partial charge in [-0.25, -0.2) is 0 Å². The molecule has 1 fully saturated rings. The summed E-state index contributed by atoms with van der Waals surface area (Å²) in [5, 5.41) is 13.8. The van der Waals surface area contributed by atoms with Crippen molar-refractivity contribution >= 4 is 0 Å². The van der Waals surface area contributed by atoms with Crippen LogP contribution in [0.1, 0.15) is 31.4 Å². The standard InChI is InChI=1S/C23H34N4O2/c1-19(2)7-11-26-13-12-25(18-22(26)8-14-28)16-20-5-6-23(29-3)21(15-20)17-27-10-4-9-24-27/h4-7,9-10,15,22,28H,8,11-14,16-18H2,1-3H3/t22-/m0/s1. The SMILES string of the molecule is COc1ccc(CN2CCN(CC=C(C)C)[C@@H](CCO)C2)cc1Cn1cccn1. The molecule has 0 radical (unpaired) electrons. The minimum Gasteiger partial charge on any atom is -0.496 e. The third-order valence-corrected chi connectivity index (χ3v) is 5.53. The second-order valence-electron chi connectivity index (χ2n) is 8.03. The Morgan fingerprint density at radius 1 is 1.28 bits per heavy atom. The van der Waals surface area contributed by atoms with Gasteiger partial charge in [0.15, 0.2) is 0 Å². The Morgan fingerprint density at radius 3 is 2.83 bits per heavy atom. The monoisotopic (exact) mass is 398 g/mol. The van der Waals surface area contributed by atoms with Crippen LogP contribution in [0.2, 0.25) is 0 Å². The van der Waals surface area contributed by atoms with Crippen LogP contribution in [-0.2, 0) is 13.1 Å². The number of methoxy groups -OCH3 is 1. The van der Waals surface area contributed by atoms with E-state index in [0.29, 0.717) is 12.6 Å². The summed E-state index contributed by atoms with van der Waals surface area (Å²) >= 11 is 0. The van der Waals surface area contributed by atoms with Gasteiger partial charge in [-0.1, -0.05) is 17.7 Å². The molecule has 2 heterocycles. The minimum atomic E-state index is 0.236. The number of hydrogen-bond donors (Lipinski definition) is 1. The predicted molar refractivity (Wildman–Crippen MR) is 116 cm³/mol. The van der Waals surface area contributed by atoms with Gasteiger partial charge in [0.2, 0.25) is 0 Å². The Hall–Kier alpha value is -2.15. The minimum absolute atomic E-state index is 0.236.